The van der Waals surface area contributed by atoms with Crippen LogP contribution < -0.4 is 10.6 Å². The van der Waals surface area contributed by atoms with E-state index in [9.17, 15) is 18.0 Å². The summed E-state index contributed by atoms with van der Waals surface area (Å²) in [5, 5.41) is 5.58. The molecule has 2 aliphatic rings. The summed E-state index contributed by atoms with van der Waals surface area (Å²) in [4.78, 5) is 27.0. The number of anilines is 1. The number of amides is 2. The van der Waals surface area contributed by atoms with Crippen molar-refractivity contribution < 1.29 is 18.0 Å². The van der Waals surface area contributed by atoms with Crippen molar-refractivity contribution >= 4 is 33.4 Å². The van der Waals surface area contributed by atoms with E-state index in [0.29, 0.717) is 42.2 Å². The third-order valence-electron chi connectivity index (χ3n) is 5.17. The van der Waals surface area contributed by atoms with Crippen LogP contribution in [0.1, 0.15) is 35.7 Å². The number of likely N-dealkylation sites (tertiary alicyclic amines) is 1. The highest BCUT2D eigenvalue weighted by Crippen LogP contribution is 2.31. The third-order valence-corrected chi connectivity index (χ3v) is 6.49. The lowest BCUT2D eigenvalue weighted by atomic mass is 10.1. The van der Waals surface area contributed by atoms with Crippen molar-refractivity contribution in [3.05, 3.63) is 59.7 Å². The average Bonchev–Trinajstić information content (AvgIpc) is 3.31. The Morgan fingerprint density at radius 3 is 2.77 bits per heavy atom. The van der Waals surface area contributed by atoms with Gasteiger partial charge in [0.25, 0.3) is 15.9 Å². The fourth-order valence-corrected chi connectivity index (χ4v) is 5.03. The van der Waals surface area contributed by atoms with Gasteiger partial charge in [-0.2, -0.15) is 8.42 Å². The van der Waals surface area contributed by atoms with E-state index >= 15 is 0 Å². The first kappa shape index (κ1) is 20.1. The molecule has 0 aliphatic carbocycles. The second-order valence-corrected chi connectivity index (χ2v) is 8.74. The number of nitrogens with one attached hydrogen (secondary N) is 2. The smallest absolute Gasteiger partial charge is 0.285 e. The summed E-state index contributed by atoms with van der Waals surface area (Å²) in [6.07, 6.45) is 1.33. The second-order valence-electron chi connectivity index (χ2n) is 7.17. The van der Waals surface area contributed by atoms with Gasteiger partial charge in [-0.25, -0.2) is 0 Å². The molecule has 30 heavy (non-hydrogen) atoms. The lowest BCUT2D eigenvalue weighted by Crippen LogP contribution is -2.43. The van der Waals surface area contributed by atoms with E-state index < -0.39 is 16.1 Å². The summed E-state index contributed by atoms with van der Waals surface area (Å²) < 4.78 is 28.7. The largest absolute Gasteiger partial charge is 0.352 e. The molecule has 0 radical (unpaired) electrons. The topological polar surface area (TPSA) is 108 Å². The van der Waals surface area contributed by atoms with E-state index in [2.05, 4.69) is 15.0 Å². The molecule has 2 heterocycles. The monoisotopic (exact) mass is 426 g/mol. The number of carbonyl (C=O) groups excluding carboxylic acids is 2. The van der Waals surface area contributed by atoms with Gasteiger partial charge in [-0.05, 0) is 50.1 Å². The quantitative estimate of drug-likeness (QED) is 0.777. The minimum Gasteiger partial charge on any atom is -0.352 e. The second kappa shape index (κ2) is 7.91. The van der Waals surface area contributed by atoms with Gasteiger partial charge < -0.3 is 15.5 Å². The molecule has 0 aromatic heterocycles. The molecule has 1 atom stereocenters. The van der Waals surface area contributed by atoms with Crippen molar-refractivity contribution in [3.63, 3.8) is 0 Å². The number of nitrogens with zero attached hydrogens (tertiary/aromatic N) is 2. The molecule has 9 heteroatoms. The molecule has 0 unspecified atom stereocenters. The van der Waals surface area contributed by atoms with Gasteiger partial charge in [-0.1, -0.05) is 18.2 Å². The maximum Gasteiger partial charge on any atom is 0.285 e. The van der Waals surface area contributed by atoms with Gasteiger partial charge in [0.05, 0.1) is 0 Å². The van der Waals surface area contributed by atoms with Crippen LogP contribution in [0.5, 0.6) is 0 Å². The van der Waals surface area contributed by atoms with E-state index in [1.165, 1.54) is 6.07 Å². The van der Waals surface area contributed by atoms with Crippen molar-refractivity contribution in [3.8, 4) is 0 Å². The van der Waals surface area contributed by atoms with Crippen LogP contribution in [-0.4, -0.2) is 50.1 Å². The summed E-state index contributed by atoms with van der Waals surface area (Å²) in [5.41, 5.74) is 1.49. The zero-order chi connectivity index (χ0) is 21.3. The highest BCUT2D eigenvalue weighted by atomic mass is 32.2. The maximum absolute atomic E-state index is 13.0. The number of fused-ring (bicyclic) bond motifs is 1. The number of carbonyl (C=O) groups is 2. The Kier molecular flexibility index (Phi) is 5.29. The first-order chi connectivity index (χ1) is 14.4. The first-order valence-electron chi connectivity index (χ1n) is 9.81. The van der Waals surface area contributed by atoms with Gasteiger partial charge >= 0.3 is 0 Å². The molecule has 2 amide bonds. The van der Waals surface area contributed by atoms with Crippen molar-refractivity contribution in [2.75, 3.05) is 18.4 Å². The van der Waals surface area contributed by atoms with Crippen LogP contribution in [0.3, 0.4) is 0 Å². The molecule has 156 valence electrons. The number of rotatable bonds is 4. The Labute approximate surface area is 175 Å². The van der Waals surface area contributed by atoms with Gasteiger partial charge in [-0.3, -0.25) is 9.59 Å². The summed E-state index contributed by atoms with van der Waals surface area (Å²) in [7, 11) is -3.75. The summed E-state index contributed by atoms with van der Waals surface area (Å²) in [6.45, 7) is 2.89. The summed E-state index contributed by atoms with van der Waals surface area (Å²) >= 11 is 0. The molecule has 4 rings (SSSR count). The van der Waals surface area contributed by atoms with E-state index in [1.54, 1.807) is 47.4 Å². The molecule has 1 saturated heterocycles. The molecular weight excluding hydrogens is 404 g/mol. The number of sulfonamides is 1. The van der Waals surface area contributed by atoms with Crippen LogP contribution in [0.15, 0.2) is 57.8 Å². The number of hydrogen-bond donors (Lipinski definition) is 2. The maximum atomic E-state index is 13.0. The highest BCUT2D eigenvalue weighted by molar-refractivity contribution is 7.90. The molecule has 0 saturated carbocycles. The SMILES string of the molecule is CCNC(=O)c1cccc(NC(=O)[C@@H]2CCCN2C2=NS(=O)(=O)c3ccccc32)c1. The third kappa shape index (κ3) is 3.68. The van der Waals surface area contributed by atoms with E-state index in [4.69, 9.17) is 0 Å². The van der Waals surface area contributed by atoms with E-state index in [0.717, 1.165) is 6.42 Å². The Bertz CT molecular complexity index is 1140. The van der Waals surface area contributed by atoms with Crippen LogP contribution >= 0.6 is 0 Å². The Hall–Kier alpha value is -3.20. The zero-order valence-corrected chi connectivity index (χ0v) is 17.3. The summed E-state index contributed by atoms with van der Waals surface area (Å²) in [6, 6.07) is 12.8. The van der Waals surface area contributed by atoms with E-state index in [-0.39, 0.29) is 16.7 Å². The fourth-order valence-electron chi connectivity index (χ4n) is 3.81. The average molecular weight is 426 g/mol. The van der Waals surface area contributed by atoms with Crippen LogP contribution in [0.2, 0.25) is 0 Å². The van der Waals surface area contributed by atoms with Crippen molar-refractivity contribution in [1.29, 1.82) is 0 Å². The zero-order valence-electron chi connectivity index (χ0n) is 16.5. The standard InChI is InChI=1S/C21H22N4O4S/c1-2-22-20(26)14-7-5-8-15(13-14)23-21(27)17-10-6-12-25(17)19-16-9-3-4-11-18(16)30(28,29)24-19/h3-5,7-9,11,13,17H,2,6,10,12H2,1H3,(H,22,26)(H,23,27)/t17-/m0/s1. The van der Waals surface area contributed by atoms with Gasteiger partial charge in [0.1, 0.15) is 10.9 Å². The molecule has 2 aromatic carbocycles. The number of amidine groups is 1. The molecule has 2 aliphatic heterocycles. The van der Waals surface area contributed by atoms with E-state index in [1.807, 2.05) is 6.92 Å². The molecule has 1 fully saturated rings. The van der Waals surface area contributed by atoms with Crippen LogP contribution in [-0.2, 0) is 14.8 Å². The van der Waals surface area contributed by atoms with Crippen LogP contribution in [0, 0.1) is 0 Å². The Morgan fingerprint density at radius 1 is 1.17 bits per heavy atom. The minimum atomic E-state index is -3.75. The first-order valence-corrected chi connectivity index (χ1v) is 11.2. The van der Waals surface area contributed by atoms with Gasteiger partial charge in [0, 0.05) is 29.9 Å². The molecule has 0 bridgehead atoms. The van der Waals surface area contributed by atoms with Gasteiger partial charge in [0.2, 0.25) is 5.91 Å². The molecule has 2 N–H and O–H groups in total. The molecule has 0 spiro atoms. The minimum absolute atomic E-state index is 0.167. The van der Waals surface area contributed by atoms with Crippen molar-refractivity contribution in [2.45, 2.75) is 30.7 Å². The predicted molar refractivity (Wildman–Crippen MR) is 113 cm³/mol. The number of hydrogen-bond acceptors (Lipinski definition) is 5. The lowest BCUT2D eigenvalue weighted by Gasteiger charge is -2.25. The lowest BCUT2D eigenvalue weighted by molar-refractivity contribution is -0.119. The van der Waals surface area contributed by atoms with Crippen molar-refractivity contribution in [1.82, 2.24) is 10.2 Å². The Morgan fingerprint density at radius 2 is 1.97 bits per heavy atom. The van der Waals surface area contributed by atoms with Crippen LogP contribution in [0.25, 0.3) is 0 Å². The van der Waals surface area contributed by atoms with Gasteiger partial charge in [0.15, 0.2) is 5.84 Å². The predicted octanol–water partition coefficient (Wildman–Crippen LogP) is 1.99. The highest BCUT2D eigenvalue weighted by Gasteiger charge is 2.39. The molecular formula is C21H22N4O4S. The van der Waals surface area contributed by atoms with Crippen LogP contribution in [0.4, 0.5) is 5.69 Å². The molecule has 8 nitrogen and oxygen atoms in total. The fraction of sp³-hybridized carbons (Fsp3) is 0.286. The normalized spacial score (nSPS) is 19.2. The molecule has 2 aromatic rings. The van der Waals surface area contributed by atoms with Gasteiger partial charge in [-0.15, -0.1) is 4.40 Å². The Balaban J connectivity index is 1.56. The number of benzene rings is 2. The van der Waals surface area contributed by atoms with Crippen molar-refractivity contribution in [2.24, 2.45) is 4.40 Å². The summed E-state index contributed by atoms with van der Waals surface area (Å²) in [5.74, 6) is -0.150.